The molecule has 5 nitrogen and oxygen atoms in total. The molecule has 1 aromatic heterocycles. The predicted molar refractivity (Wildman–Crippen MR) is 74.3 cm³/mol. The number of carbonyl (C=O) groups is 2. The van der Waals surface area contributed by atoms with Gasteiger partial charge in [-0.2, -0.15) is 0 Å². The molecule has 0 aliphatic rings. The van der Waals surface area contributed by atoms with E-state index in [2.05, 4.69) is 10.3 Å². The van der Waals surface area contributed by atoms with Crippen LogP contribution in [0.1, 0.15) is 17.9 Å². The van der Waals surface area contributed by atoms with Gasteiger partial charge in [-0.3, -0.25) is 14.6 Å². The van der Waals surface area contributed by atoms with Crippen molar-refractivity contribution in [3.63, 3.8) is 0 Å². The van der Waals surface area contributed by atoms with Crippen molar-refractivity contribution < 1.29 is 14.7 Å². The van der Waals surface area contributed by atoms with Gasteiger partial charge in [0.2, 0.25) is 5.91 Å². The number of pyridine rings is 1. The first-order valence-corrected chi connectivity index (χ1v) is 6.14. The zero-order valence-electron chi connectivity index (χ0n) is 10.7. The molecule has 0 unspecified atom stereocenters. The first-order valence-electron chi connectivity index (χ1n) is 6.14. The zero-order chi connectivity index (χ0) is 14.4. The fourth-order valence-electron chi connectivity index (χ4n) is 1.87. The highest BCUT2D eigenvalue weighted by Crippen LogP contribution is 2.20. The summed E-state index contributed by atoms with van der Waals surface area (Å²) in [5.74, 6) is -2.22. The van der Waals surface area contributed by atoms with Gasteiger partial charge in [0.1, 0.15) is 0 Å². The molecule has 1 atom stereocenters. The van der Waals surface area contributed by atoms with E-state index in [4.69, 9.17) is 0 Å². The summed E-state index contributed by atoms with van der Waals surface area (Å²) in [6, 6.07) is 12.1. The molecule has 0 aliphatic heterocycles. The van der Waals surface area contributed by atoms with Crippen LogP contribution in [0.5, 0.6) is 0 Å². The average molecular weight is 270 g/mol. The van der Waals surface area contributed by atoms with Gasteiger partial charge in [-0.25, -0.2) is 0 Å². The lowest BCUT2D eigenvalue weighted by atomic mass is 9.95. The van der Waals surface area contributed by atoms with Crippen molar-refractivity contribution in [2.24, 2.45) is 0 Å². The van der Waals surface area contributed by atoms with Crippen molar-refractivity contribution in [2.45, 2.75) is 12.3 Å². The molecular formula is C15H14N2O3. The molecule has 0 aliphatic carbocycles. The van der Waals surface area contributed by atoms with Crippen LogP contribution in [0.4, 0.5) is 5.69 Å². The van der Waals surface area contributed by atoms with E-state index in [0.717, 1.165) is 0 Å². The van der Waals surface area contributed by atoms with Crippen LogP contribution in [-0.2, 0) is 9.59 Å². The third kappa shape index (κ3) is 3.65. The molecule has 20 heavy (non-hydrogen) atoms. The van der Waals surface area contributed by atoms with Crippen molar-refractivity contribution in [3.05, 3.63) is 60.4 Å². The summed E-state index contributed by atoms with van der Waals surface area (Å²) in [6.45, 7) is 0. The van der Waals surface area contributed by atoms with Gasteiger partial charge in [0.05, 0.1) is 17.8 Å². The molecule has 2 N–H and O–H groups in total. The second-order valence-electron chi connectivity index (χ2n) is 4.30. The highest BCUT2D eigenvalue weighted by molar-refractivity contribution is 5.94. The number of nitrogens with zero attached hydrogens (tertiary/aromatic N) is 1. The summed E-state index contributed by atoms with van der Waals surface area (Å²) in [5.41, 5.74) is 1.16. The molecule has 0 saturated heterocycles. The Bertz CT molecular complexity index is 585. The molecule has 2 aromatic rings. The van der Waals surface area contributed by atoms with Crippen molar-refractivity contribution >= 4 is 17.6 Å². The van der Waals surface area contributed by atoms with Crippen LogP contribution in [0.25, 0.3) is 0 Å². The molecule has 0 radical (unpaired) electrons. The summed E-state index contributed by atoms with van der Waals surface area (Å²) in [5, 5.41) is 11.9. The Morgan fingerprint density at radius 3 is 2.50 bits per heavy atom. The molecule has 1 aromatic carbocycles. The number of carbonyl (C=O) groups excluding carboxylic acids is 1. The standard InChI is InChI=1S/C15H14N2O3/c18-14(17-12-7-4-8-16-10-12)9-13(15(19)20)11-5-2-1-3-6-11/h1-8,10,13H,9H2,(H,17,18)(H,19,20)/t13-/m1/s1. The Labute approximate surface area is 116 Å². The Morgan fingerprint density at radius 1 is 1.15 bits per heavy atom. The first-order chi connectivity index (χ1) is 9.66. The number of amides is 1. The van der Waals surface area contributed by atoms with Gasteiger partial charge >= 0.3 is 5.97 Å². The number of rotatable bonds is 5. The number of aliphatic carboxylic acids is 1. The number of aromatic nitrogens is 1. The van der Waals surface area contributed by atoms with Crippen LogP contribution in [0.2, 0.25) is 0 Å². The lowest BCUT2D eigenvalue weighted by Gasteiger charge is -2.12. The van der Waals surface area contributed by atoms with Gasteiger partial charge in [-0.15, -0.1) is 0 Å². The number of hydrogen-bond donors (Lipinski definition) is 2. The second kappa shape index (κ2) is 6.47. The molecule has 0 fully saturated rings. The van der Waals surface area contributed by atoms with Gasteiger partial charge in [-0.1, -0.05) is 30.3 Å². The van der Waals surface area contributed by atoms with E-state index < -0.39 is 11.9 Å². The monoisotopic (exact) mass is 270 g/mol. The smallest absolute Gasteiger partial charge is 0.311 e. The molecule has 5 heteroatoms. The number of nitrogens with one attached hydrogen (secondary N) is 1. The summed E-state index contributed by atoms with van der Waals surface area (Å²) >= 11 is 0. The molecule has 2 rings (SSSR count). The third-order valence-corrected chi connectivity index (χ3v) is 2.83. The van der Waals surface area contributed by atoms with Crippen molar-refractivity contribution in [1.29, 1.82) is 0 Å². The highest BCUT2D eigenvalue weighted by Gasteiger charge is 2.23. The Morgan fingerprint density at radius 2 is 1.90 bits per heavy atom. The fraction of sp³-hybridized carbons (Fsp3) is 0.133. The number of carboxylic acids is 1. The fourth-order valence-corrected chi connectivity index (χ4v) is 1.87. The van der Waals surface area contributed by atoms with E-state index >= 15 is 0 Å². The van der Waals surface area contributed by atoms with Gasteiger partial charge in [0.15, 0.2) is 0 Å². The number of hydrogen-bond acceptors (Lipinski definition) is 3. The lowest BCUT2D eigenvalue weighted by molar-refractivity contribution is -0.140. The number of benzene rings is 1. The van der Waals surface area contributed by atoms with Crippen LogP contribution in [-0.4, -0.2) is 22.0 Å². The van der Waals surface area contributed by atoms with E-state index in [1.807, 2.05) is 0 Å². The van der Waals surface area contributed by atoms with Crippen LogP contribution >= 0.6 is 0 Å². The first kappa shape index (κ1) is 13.7. The quantitative estimate of drug-likeness (QED) is 0.873. The summed E-state index contributed by atoms with van der Waals surface area (Å²) in [6.07, 6.45) is 2.99. The van der Waals surface area contributed by atoms with Crippen molar-refractivity contribution in [2.75, 3.05) is 5.32 Å². The van der Waals surface area contributed by atoms with E-state index in [-0.39, 0.29) is 12.3 Å². The van der Waals surface area contributed by atoms with E-state index in [1.54, 1.807) is 48.7 Å². The summed E-state index contributed by atoms with van der Waals surface area (Å²) in [4.78, 5) is 27.1. The van der Waals surface area contributed by atoms with Crippen LogP contribution in [0.3, 0.4) is 0 Å². The summed E-state index contributed by atoms with van der Waals surface area (Å²) in [7, 11) is 0. The van der Waals surface area contributed by atoms with Crippen LogP contribution in [0.15, 0.2) is 54.9 Å². The van der Waals surface area contributed by atoms with Crippen molar-refractivity contribution in [1.82, 2.24) is 4.98 Å². The van der Waals surface area contributed by atoms with Gasteiger partial charge in [0, 0.05) is 12.6 Å². The lowest BCUT2D eigenvalue weighted by Crippen LogP contribution is -2.20. The minimum atomic E-state index is -1.02. The van der Waals surface area contributed by atoms with Gasteiger partial charge < -0.3 is 10.4 Å². The van der Waals surface area contributed by atoms with Gasteiger partial charge in [0.25, 0.3) is 0 Å². The maximum absolute atomic E-state index is 11.9. The van der Waals surface area contributed by atoms with E-state index in [9.17, 15) is 14.7 Å². The Kier molecular flexibility index (Phi) is 4.44. The number of carboxylic acid groups (broad SMARTS) is 1. The molecule has 1 amide bonds. The Balaban J connectivity index is 2.06. The van der Waals surface area contributed by atoms with Crippen LogP contribution in [0, 0.1) is 0 Å². The average Bonchev–Trinajstić information content (AvgIpc) is 2.46. The van der Waals surface area contributed by atoms with Crippen LogP contribution < -0.4 is 5.32 Å². The predicted octanol–water partition coefficient (Wildman–Crippen LogP) is 2.28. The van der Waals surface area contributed by atoms with Crippen molar-refractivity contribution in [3.8, 4) is 0 Å². The number of anilines is 1. The SMILES string of the molecule is O=C(C[C@@H](C(=O)O)c1ccccc1)Nc1cccnc1. The molecule has 0 saturated carbocycles. The van der Waals surface area contributed by atoms with E-state index in [0.29, 0.717) is 11.3 Å². The van der Waals surface area contributed by atoms with Gasteiger partial charge in [-0.05, 0) is 17.7 Å². The molecule has 102 valence electrons. The molecule has 0 bridgehead atoms. The second-order valence-corrected chi connectivity index (χ2v) is 4.30. The minimum Gasteiger partial charge on any atom is -0.481 e. The molecule has 1 heterocycles. The molecular weight excluding hydrogens is 256 g/mol. The Hall–Kier alpha value is -2.69. The zero-order valence-corrected chi connectivity index (χ0v) is 10.7. The topological polar surface area (TPSA) is 79.3 Å². The minimum absolute atomic E-state index is 0.117. The normalized spacial score (nSPS) is 11.6. The maximum atomic E-state index is 11.9. The molecule has 0 spiro atoms. The maximum Gasteiger partial charge on any atom is 0.311 e. The van der Waals surface area contributed by atoms with E-state index in [1.165, 1.54) is 6.20 Å². The highest BCUT2D eigenvalue weighted by atomic mass is 16.4. The third-order valence-electron chi connectivity index (χ3n) is 2.83. The largest absolute Gasteiger partial charge is 0.481 e. The summed E-state index contributed by atoms with van der Waals surface area (Å²) < 4.78 is 0.